The van der Waals surface area contributed by atoms with Gasteiger partial charge in [0, 0.05) is 44.5 Å². The van der Waals surface area contributed by atoms with Crippen molar-refractivity contribution in [2.75, 3.05) is 0 Å². The molecular weight excluding hydrogens is 727 g/mol. The summed E-state index contributed by atoms with van der Waals surface area (Å²) in [5, 5.41) is 0. The third-order valence-corrected chi connectivity index (χ3v) is 10.9. The van der Waals surface area contributed by atoms with Gasteiger partial charge in [0.2, 0.25) is 0 Å². The lowest BCUT2D eigenvalue weighted by Gasteiger charge is -2.23. The zero-order chi connectivity index (χ0) is 40.1. The molecule has 0 spiro atoms. The summed E-state index contributed by atoms with van der Waals surface area (Å²) in [4.78, 5) is 15.8. The number of pyridine rings is 1. The fourth-order valence-corrected chi connectivity index (χ4v) is 8.01. The van der Waals surface area contributed by atoms with Crippen LogP contribution in [-0.2, 0) is 0 Å². The Kier molecular flexibility index (Phi) is 9.97. The van der Waals surface area contributed by atoms with Crippen molar-refractivity contribution < 1.29 is 0 Å². The van der Waals surface area contributed by atoms with Crippen LogP contribution in [0.4, 0.5) is 0 Å². The molecule has 8 aromatic carbocycles. The summed E-state index contributed by atoms with van der Waals surface area (Å²) >= 11 is 0. The van der Waals surface area contributed by atoms with E-state index in [1.807, 2.05) is 36.4 Å². The first-order valence-electron chi connectivity index (χ1n) is 20.3. The Morgan fingerprint density at radius 2 is 0.550 bits per heavy atom. The largest absolute Gasteiger partial charge is 0.246 e. The molecule has 0 atom stereocenters. The number of nitrogens with zero attached hydrogens (tertiary/aromatic N) is 3. The Morgan fingerprint density at radius 1 is 0.200 bits per heavy atom. The molecule has 0 aliphatic heterocycles. The van der Waals surface area contributed by atoms with E-state index >= 15 is 0 Å². The van der Waals surface area contributed by atoms with Gasteiger partial charge >= 0.3 is 0 Å². The van der Waals surface area contributed by atoms with Gasteiger partial charge in [-0.1, -0.05) is 224 Å². The van der Waals surface area contributed by atoms with Crippen molar-refractivity contribution >= 4 is 0 Å². The molecule has 0 saturated heterocycles. The van der Waals surface area contributed by atoms with Crippen LogP contribution in [0.5, 0.6) is 0 Å². The lowest BCUT2D eigenvalue weighted by molar-refractivity contribution is 1.18. The Bertz CT molecular complexity index is 2870. The molecule has 3 heteroatoms. The molecule has 0 bridgehead atoms. The Morgan fingerprint density at radius 3 is 0.983 bits per heavy atom. The highest BCUT2D eigenvalue weighted by molar-refractivity contribution is 6.05. The van der Waals surface area contributed by atoms with Crippen LogP contribution in [0.15, 0.2) is 237 Å². The van der Waals surface area contributed by atoms with Crippen molar-refractivity contribution in [3.63, 3.8) is 0 Å². The fraction of sp³-hybridized carbons (Fsp3) is 0. The summed E-state index contributed by atoms with van der Waals surface area (Å²) in [5.41, 5.74) is 17.7. The molecule has 10 rings (SSSR count). The Balaban J connectivity index is 1.16. The number of rotatable bonds is 9. The maximum Gasteiger partial charge on any atom is 0.160 e. The molecule has 0 radical (unpaired) electrons. The van der Waals surface area contributed by atoms with E-state index in [2.05, 4.69) is 200 Å². The molecule has 0 aliphatic carbocycles. The normalized spacial score (nSPS) is 11.0. The maximum atomic E-state index is 5.61. The summed E-state index contributed by atoms with van der Waals surface area (Å²) in [5.74, 6) is 0.689. The van der Waals surface area contributed by atoms with Crippen molar-refractivity contribution in [2.45, 2.75) is 0 Å². The van der Waals surface area contributed by atoms with E-state index in [1.165, 1.54) is 0 Å². The van der Waals surface area contributed by atoms with Gasteiger partial charge in [0.05, 0.1) is 22.8 Å². The van der Waals surface area contributed by atoms with E-state index in [-0.39, 0.29) is 0 Å². The van der Waals surface area contributed by atoms with Crippen molar-refractivity contribution in [3.8, 4) is 101 Å². The average molecular weight is 766 g/mol. The molecular formula is C57H39N3. The molecule has 2 aromatic heterocycles. The third kappa shape index (κ3) is 7.32. The van der Waals surface area contributed by atoms with E-state index in [4.69, 9.17) is 15.0 Å². The SMILES string of the molecule is c1ccc(-c2cc(-c3ccccc3)nc(-c3ccc(-c4cccc(-c5c(-c6ccccc6)c(-c6ccccc6)nc(-c6ccccc6)c5-c5ccccc5)c4)cc3)n2)cc1. The van der Waals surface area contributed by atoms with E-state index in [9.17, 15) is 0 Å². The number of benzene rings is 8. The minimum Gasteiger partial charge on any atom is -0.246 e. The predicted octanol–water partition coefficient (Wildman–Crippen LogP) is 14.9. The van der Waals surface area contributed by atoms with Crippen LogP contribution in [0.3, 0.4) is 0 Å². The molecule has 0 fully saturated rings. The second-order valence-electron chi connectivity index (χ2n) is 14.8. The van der Waals surface area contributed by atoms with Crippen molar-refractivity contribution in [1.82, 2.24) is 15.0 Å². The van der Waals surface area contributed by atoms with E-state index in [1.54, 1.807) is 0 Å². The van der Waals surface area contributed by atoms with Crippen LogP contribution in [0, 0.1) is 0 Å². The summed E-state index contributed by atoms with van der Waals surface area (Å²) in [6.07, 6.45) is 0. The number of hydrogen-bond acceptors (Lipinski definition) is 3. The van der Waals surface area contributed by atoms with E-state index in [0.29, 0.717) is 5.82 Å². The molecule has 2 heterocycles. The van der Waals surface area contributed by atoms with Gasteiger partial charge in [0.1, 0.15) is 0 Å². The summed E-state index contributed by atoms with van der Waals surface area (Å²) < 4.78 is 0. The topological polar surface area (TPSA) is 38.7 Å². The van der Waals surface area contributed by atoms with Crippen molar-refractivity contribution in [2.24, 2.45) is 0 Å². The lowest BCUT2D eigenvalue weighted by atomic mass is 9.82. The van der Waals surface area contributed by atoms with Gasteiger partial charge in [0.25, 0.3) is 0 Å². The quantitative estimate of drug-likeness (QED) is 0.147. The number of hydrogen-bond donors (Lipinski definition) is 0. The maximum absolute atomic E-state index is 5.61. The van der Waals surface area contributed by atoms with Crippen molar-refractivity contribution in [1.29, 1.82) is 0 Å². The second kappa shape index (κ2) is 16.5. The van der Waals surface area contributed by atoms with Crippen molar-refractivity contribution in [3.05, 3.63) is 237 Å². The zero-order valence-electron chi connectivity index (χ0n) is 32.9. The number of aromatic nitrogens is 3. The lowest BCUT2D eigenvalue weighted by Crippen LogP contribution is -2.01. The Hall–Kier alpha value is -8.01. The molecule has 0 N–H and O–H groups in total. The molecule has 0 aliphatic rings. The predicted molar refractivity (Wildman–Crippen MR) is 249 cm³/mol. The fourth-order valence-electron chi connectivity index (χ4n) is 8.01. The molecule has 0 saturated carbocycles. The summed E-state index contributed by atoms with van der Waals surface area (Å²) in [6.45, 7) is 0. The van der Waals surface area contributed by atoms with E-state index in [0.717, 1.165) is 95.1 Å². The van der Waals surface area contributed by atoms with E-state index < -0.39 is 0 Å². The minimum absolute atomic E-state index is 0.689. The molecule has 282 valence electrons. The standard InChI is InChI=1S/C57H39N3/c1-7-20-41(21-8-1)50-39-51(42-22-9-2-10-23-42)59-57(58-50)47-36-34-40(35-37-47)48-32-19-33-49(38-48)52-53(43-24-11-3-12-25-43)55(45-28-15-5-16-29-45)60-56(46-30-17-6-18-31-46)54(52)44-26-13-4-14-27-44/h1-39H. The zero-order valence-corrected chi connectivity index (χ0v) is 32.9. The Labute approximate surface area is 351 Å². The van der Waals surface area contributed by atoms with Gasteiger partial charge < -0.3 is 0 Å². The first kappa shape index (κ1) is 36.3. The van der Waals surface area contributed by atoms with Crippen LogP contribution < -0.4 is 0 Å². The first-order chi connectivity index (χ1) is 29.8. The first-order valence-corrected chi connectivity index (χ1v) is 20.3. The van der Waals surface area contributed by atoms with Gasteiger partial charge in [-0.2, -0.15) is 0 Å². The molecule has 0 unspecified atom stereocenters. The van der Waals surface area contributed by atoms with Crippen LogP contribution in [0.1, 0.15) is 0 Å². The average Bonchev–Trinajstić information content (AvgIpc) is 3.35. The van der Waals surface area contributed by atoms with Gasteiger partial charge in [-0.25, -0.2) is 15.0 Å². The van der Waals surface area contributed by atoms with Crippen LogP contribution in [-0.4, -0.2) is 15.0 Å². The van der Waals surface area contributed by atoms with Gasteiger partial charge in [-0.15, -0.1) is 0 Å². The third-order valence-electron chi connectivity index (χ3n) is 10.9. The highest BCUT2D eigenvalue weighted by Gasteiger charge is 2.25. The molecule has 3 nitrogen and oxygen atoms in total. The smallest absolute Gasteiger partial charge is 0.160 e. The van der Waals surface area contributed by atoms with Crippen LogP contribution in [0.25, 0.3) is 101 Å². The second-order valence-corrected chi connectivity index (χ2v) is 14.8. The van der Waals surface area contributed by atoms with Gasteiger partial charge in [0.15, 0.2) is 5.82 Å². The highest BCUT2D eigenvalue weighted by Crippen LogP contribution is 2.49. The summed E-state index contributed by atoms with van der Waals surface area (Å²) in [6, 6.07) is 82.8. The minimum atomic E-state index is 0.689. The molecule has 10 aromatic rings. The highest BCUT2D eigenvalue weighted by atomic mass is 14.9. The molecule has 60 heavy (non-hydrogen) atoms. The summed E-state index contributed by atoms with van der Waals surface area (Å²) in [7, 11) is 0. The monoisotopic (exact) mass is 765 g/mol. The van der Waals surface area contributed by atoms with Crippen LogP contribution >= 0.6 is 0 Å². The van der Waals surface area contributed by atoms with Gasteiger partial charge in [-0.3, -0.25) is 0 Å². The van der Waals surface area contributed by atoms with Crippen LogP contribution in [0.2, 0.25) is 0 Å². The molecule has 0 amide bonds. The van der Waals surface area contributed by atoms with Gasteiger partial charge in [-0.05, 0) is 39.9 Å².